The van der Waals surface area contributed by atoms with Gasteiger partial charge in [0.25, 0.3) is 0 Å². The van der Waals surface area contributed by atoms with E-state index >= 15 is 0 Å². The average molecular weight is 332 g/mol. The molecule has 124 valence electrons. The minimum absolute atomic E-state index is 0.0347. The van der Waals surface area contributed by atoms with Gasteiger partial charge in [-0.05, 0) is 38.4 Å². The Morgan fingerprint density at radius 2 is 2.17 bits per heavy atom. The minimum Gasteiger partial charge on any atom is -0.496 e. The molecule has 0 saturated heterocycles. The molecule has 0 saturated carbocycles. The number of nitrogens with zero attached hydrogens (tertiary/aromatic N) is 1. The van der Waals surface area contributed by atoms with Crippen LogP contribution >= 0.6 is 11.3 Å². The Bertz CT molecular complexity index is 640. The van der Waals surface area contributed by atoms with Crippen LogP contribution in [-0.2, 0) is 17.9 Å². The van der Waals surface area contributed by atoms with Crippen LogP contribution in [0.2, 0.25) is 0 Å². The summed E-state index contributed by atoms with van der Waals surface area (Å²) in [5.74, 6) is 0.890. The monoisotopic (exact) mass is 332 g/mol. The van der Waals surface area contributed by atoms with Crippen molar-refractivity contribution in [2.45, 2.75) is 33.0 Å². The van der Waals surface area contributed by atoms with Gasteiger partial charge in [-0.3, -0.25) is 9.69 Å². The first-order valence-electron chi connectivity index (χ1n) is 7.65. The number of aryl methyl sites for hydroxylation is 1. The Labute approximate surface area is 142 Å². The van der Waals surface area contributed by atoms with E-state index in [9.17, 15) is 4.79 Å². The highest BCUT2D eigenvalue weighted by atomic mass is 32.1. The molecule has 0 unspecified atom stereocenters. The van der Waals surface area contributed by atoms with Crippen molar-refractivity contribution in [3.63, 3.8) is 0 Å². The molecule has 0 spiro atoms. The van der Waals surface area contributed by atoms with Gasteiger partial charge in [-0.15, -0.1) is 11.3 Å². The van der Waals surface area contributed by atoms with E-state index in [0.29, 0.717) is 13.1 Å². The SMILES string of the molecule is COc1ccc(C)cc1CN(C)[C@@H](C)C(=O)NCc1cccs1. The van der Waals surface area contributed by atoms with Crippen molar-refractivity contribution in [2.24, 2.45) is 0 Å². The second-order valence-corrected chi connectivity index (χ2v) is 6.74. The van der Waals surface area contributed by atoms with E-state index in [1.54, 1.807) is 18.4 Å². The molecule has 1 aromatic carbocycles. The van der Waals surface area contributed by atoms with E-state index in [2.05, 4.69) is 18.3 Å². The fourth-order valence-corrected chi connectivity index (χ4v) is 3.02. The molecular weight excluding hydrogens is 308 g/mol. The number of hydrogen-bond donors (Lipinski definition) is 1. The Hall–Kier alpha value is -1.85. The molecular formula is C18H24N2O2S. The fourth-order valence-electron chi connectivity index (χ4n) is 2.37. The van der Waals surface area contributed by atoms with Crippen LogP contribution in [0.5, 0.6) is 5.75 Å². The number of nitrogens with one attached hydrogen (secondary N) is 1. The zero-order valence-corrected chi connectivity index (χ0v) is 14.9. The third kappa shape index (κ3) is 4.81. The van der Waals surface area contributed by atoms with Crippen LogP contribution in [0, 0.1) is 6.92 Å². The lowest BCUT2D eigenvalue weighted by atomic mass is 10.1. The number of amides is 1. The summed E-state index contributed by atoms with van der Waals surface area (Å²) in [5, 5.41) is 5.00. The molecule has 5 heteroatoms. The van der Waals surface area contributed by atoms with Crippen molar-refractivity contribution in [1.82, 2.24) is 10.2 Å². The molecule has 0 aliphatic heterocycles. The van der Waals surface area contributed by atoms with E-state index in [-0.39, 0.29) is 11.9 Å². The summed E-state index contributed by atoms with van der Waals surface area (Å²) in [6.07, 6.45) is 0. The predicted octanol–water partition coefficient (Wildman–Crippen LogP) is 3.20. The number of likely N-dealkylation sites (N-methyl/N-ethyl adjacent to an activating group) is 1. The topological polar surface area (TPSA) is 41.6 Å². The third-order valence-electron chi connectivity index (χ3n) is 3.91. The summed E-state index contributed by atoms with van der Waals surface area (Å²) in [6, 6.07) is 9.91. The number of hydrogen-bond acceptors (Lipinski definition) is 4. The van der Waals surface area contributed by atoms with E-state index in [1.165, 1.54) is 5.56 Å². The number of carbonyl (C=O) groups is 1. The number of methoxy groups -OCH3 is 1. The highest BCUT2D eigenvalue weighted by Gasteiger charge is 2.19. The second-order valence-electron chi connectivity index (χ2n) is 5.70. The lowest BCUT2D eigenvalue weighted by Crippen LogP contribution is -2.42. The molecule has 1 atom stereocenters. The first-order valence-corrected chi connectivity index (χ1v) is 8.53. The van der Waals surface area contributed by atoms with Gasteiger partial charge >= 0.3 is 0 Å². The summed E-state index contributed by atoms with van der Waals surface area (Å²) >= 11 is 1.65. The summed E-state index contributed by atoms with van der Waals surface area (Å²) in [5.41, 5.74) is 2.27. The molecule has 2 aromatic rings. The quantitative estimate of drug-likeness (QED) is 0.846. The van der Waals surface area contributed by atoms with Crippen LogP contribution in [0.1, 0.15) is 22.9 Å². The van der Waals surface area contributed by atoms with Gasteiger partial charge in [0.05, 0.1) is 19.7 Å². The van der Waals surface area contributed by atoms with Gasteiger partial charge in [0, 0.05) is 17.0 Å². The van der Waals surface area contributed by atoms with Crippen LogP contribution in [-0.4, -0.2) is 31.0 Å². The zero-order valence-electron chi connectivity index (χ0n) is 14.1. The molecule has 4 nitrogen and oxygen atoms in total. The summed E-state index contributed by atoms with van der Waals surface area (Å²) in [6.45, 7) is 5.23. The first-order chi connectivity index (χ1) is 11.0. The molecule has 23 heavy (non-hydrogen) atoms. The third-order valence-corrected chi connectivity index (χ3v) is 4.79. The van der Waals surface area contributed by atoms with Crippen molar-refractivity contribution >= 4 is 17.2 Å². The summed E-state index contributed by atoms with van der Waals surface area (Å²) in [7, 11) is 3.63. The van der Waals surface area contributed by atoms with Gasteiger partial charge < -0.3 is 10.1 Å². The van der Waals surface area contributed by atoms with Crippen LogP contribution in [0.3, 0.4) is 0 Å². The first kappa shape index (κ1) is 17.5. The molecule has 0 radical (unpaired) electrons. The lowest BCUT2D eigenvalue weighted by Gasteiger charge is -2.24. The van der Waals surface area contributed by atoms with Gasteiger partial charge in [-0.25, -0.2) is 0 Å². The van der Waals surface area contributed by atoms with Crippen molar-refractivity contribution in [3.05, 3.63) is 51.7 Å². The summed E-state index contributed by atoms with van der Waals surface area (Å²) in [4.78, 5) is 15.5. The Balaban J connectivity index is 1.95. The predicted molar refractivity (Wildman–Crippen MR) is 94.8 cm³/mol. The number of ether oxygens (including phenoxy) is 1. The van der Waals surface area contributed by atoms with E-state index in [4.69, 9.17) is 4.74 Å². The Morgan fingerprint density at radius 3 is 2.83 bits per heavy atom. The van der Waals surface area contributed by atoms with Crippen molar-refractivity contribution in [3.8, 4) is 5.75 Å². The normalized spacial score (nSPS) is 12.2. The van der Waals surface area contributed by atoms with E-state index in [1.807, 2.05) is 48.5 Å². The van der Waals surface area contributed by atoms with Crippen LogP contribution < -0.4 is 10.1 Å². The smallest absolute Gasteiger partial charge is 0.237 e. The molecule has 0 fully saturated rings. The molecule has 0 bridgehead atoms. The zero-order chi connectivity index (χ0) is 16.8. The number of carbonyl (C=O) groups excluding carboxylic acids is 1. The van der Waals surface area contributed by atoms with Crippen molar-refractivity contribution < 1.29 is 9.53 Å². The Kier molecular flexibility index (Phi) is 6.19. The van der Waals surface area contributed by atoms with Gasteiger partial charge in [0.15, 0.2) is 0 Å². The largest absolute Gasteiger partial charge is 0.496 e. The lowest BCUT2D eigenvalue weighted by molar-refractivity contribution is -0.125. The van der Waals surface area contributed by atoms with Gasteiger partial charge in [0.1, 0.15) is 5.75 Å². The van der Waals surface area contributed by atoms with E-state index in [0.717, 1.165) is 16.2 Å². The average Bonchev–Trinajstić information content (AvgIpc) is 3.05. The molecule has 1 heterocycles. The van der Waals surface area contributed by atoms with Crippen molar-refractivity contribution in [2.75, 3.05) is 14.2 Å². The highest BCUT2D eigenvalue weighted by Crippen LogP contribution is 2.21. The molecule has 1 N–H and O–H groups in total. The van der Waals surface area contributed by atoms with Crippen LogP contribution in [0.4, 0.5) is 0 Å². The maximum atomic E-state index is 12.3. The number of thiophene rings is 1. The number of rotatable bonds is 7. The maximum absolute atomic E-state index is 12.3. The van der Waals surface area contributed by atoms with Crippen LogP contribution in [0.25, 0.3) is 0 Å². The minimum atomic E-state index is -0.208. The van der Waals surface area contributed by atoms with E-state index < -0.39 is 0 Å². The second kappa shape index (κ2) is 8.13. The molecule has 1 aromatic heterocycles. The maximum Gasteiger partial charge on any atom is 0.237 e. The molecule has 1 amide bonds. The highest BCUT2D eigenvalue weighted by molar-refractivity contribution is 7.09. The van der Waals surface area contributed by atoms with Gasteiger partial charge in [-0.1, -0.05) is 23.8 Å². The fraction of sp³-hybridized carbons (Fsp3) is 0.389. The molecule has 2 rings (SSSR count). The van der Waals surface area contributed by atoms with Crippen LogP contribution in [0.15, 0.2) is 35.7 Å². The van der Waals surface area contributed by atoms with Gasteiger partial charge in [-0.2, -0.15) is 0 Å². The molecule has 0 aliphatic rings. The number of benzene rings is 1. The standard InChI is InChI=1S/C18H24N2O2S/c1-13-7-8-17(22-4)15(10-13)12-20(3)14(2)18(21)19-11-16-6-5-9-23-16/h5-10,14H,11-12H2,1-4H3,(H,19,21)/t14-/m0/s1. The molecule has 0 aliphatic carbocycles. The van der Waals surface area contributed by atoms with Crippen molar-refractivity contribution in [1.29, 1.82) is 0 Å². The Morgan fingerprint density at radius 1 is 1.39 bits per heavy atom. The van der Waals surface area contributed by atoms with Gasteiger partial charge in [0.2, 0.25) is 5.91 Å². The summed E-state index contributed by atoms with van der Waals surface area (Å²) < 4.78 is 5.41.